The first kappa shape index (κ1) is 15.6. The van der Waals surface area contributed by atoms with Crippen molar-refractivity contribution in [3.63, 3.8) is 0 Å². The number of nitrogens with one attached hydrogen (secondary N) is 1. The fraction of sp³-hybridized carbons (Fsp3) is 0.562. The van der Waals surface area contributed by atoms with Crippen LogP contribution in [-0.4, -0.2) is 37.0 Å². The van der Waals surface area contributed by atoms with Crippen LogP contribution >= 0.6 is 0 Å². The molecule has 3 N–H and O–H groups in total. The van der Waals surface area contributed by atoms with E-state index >= 15 is 0 Å². The Morgan fingerprint density at radius 2 is 2.24 bits per heavy atom. The van der Waals surface area contributed by atoms with Crippen molar-refractivity contribution >= 4 is 17.3 Å². The van der Waals surface area contributed by atoms with Crippen molar-refractivity contribution in [1.29, 1.82) is 0 Å². The van der Waals surface area contributed by atoms with Gasteiger partial charge in [-0.25, -0.2) is 0 Å². The second-order valence-corrected chi connectivity index (χ2v) is 5.47. The van der Waals surface area contributed by atoms with Gasteiger partial charge in [-0.05, 0) is 50.6 Å². The smallest absolute Gasteiger partial charge is 0.224 e. The summed E-state index contributed by atoms with van der Waals surface area (Å²) in [7, 11) is 1.58. The number of hydrogen-bond acceptors (Lipinski definition) is 4. The van der Waals surface area contributed by atoms with Crippen LogP contribution in [0.5, 0.6) is 5.75 Å². The molecule has 0 unspecified atom stereocenters. The number of benzene rings is 1. The summed E-state index contributed by atoms with van der Waals surface area (Å²) in [5.41, 5.74) is 6.99. The van der Waals surface area contributed by atoms with Crippen LogP contribution in [0.1, 0.15) is 32.6 Å². The molecule has 1 saturated carbocycles. The number of nitrogen functional groups attached to an aromatic ring is 1. The maximum Gasteiger partial charge on any atom is 0.224 e. The number of amides is 1. The third kappa shape index (κ3) is 4.63. The van der Waals surface area contributed by atoms with Crippen LogP contribution < -0.4 is 15.8 Å². The lowest BCUT2D eigenvalue weighted by Crippen LogP contribution is -2.27. The van der Waals surface area contributed by atoms with Gasteiger partial charge in [0.15, 0.2) is 0 Å². The molecule has 116 valence electrons. The second kappa shape index (κ2) is 7.31. The fourth-order valence-electron chi connectivity index (χ4n) is 2.52. The van der Waals surface area contributed by atoms with Gasteiger partial charge in [0.05, 0.1) is 12.8 Å². The van der Waals surface area contributed by atoms with Gasteiger partial charge in [-0.15, -0.1) is 0 Å². The van der Waals surface area contributed by atoms with Gasteiger partial charge < -0.3 is 20.7 Å². The lowest BCUT2D eigenvalue weighted by atomic mass is 10.2. The maximum atomic E-state index is 12.0. The van der Waals surface area contributed by atoms with Crippen molar-refractivity contribution in [2.45, 2.75) is 38.6 Å². The van der Waals surface area contributed by atoms with E-state index in [-0.39, 0.29) is 5.91 Å². The van der Waals surface area contributed by atoms with Crippen LogP contribution in [0.4, 0.5) is 11.4 Å². The van der Waals surface area contributed by atoms with Gasteiger partial charge in [0.1, 0.15) is 5.75 Å². The monoisotopic (exact) mass is 291 g/mol. The van der Waals surface area contributed by atoms with Crippen LogP contribution in [0.2, 0.25) is 0 Å². The van der Waals surface area contributed by atoms with E-state index in [0.717, 1.165) is 25.6 Å². The Kier molecular flexibility index (Phi) is 5.44. The molecule has 1 aliphatic rings. The van der Waals surface area contributed by atoms with Gasteiger partial charge in [-0.3, -0.25) is 4.79 Å². The minimum absolute atomic E-state index is 0.00532. The standard InChI is InChI=1S/C16H25N3O2/c1-3-19(13-7-8-13)10-4-5-16(20)18-14-11-12(17)6-9-15(14)21-2/h6,9,11,13H,3-5,7-8,10,17H2,1-2H3,(H,18,20). The normalized spacial score (nSPS) is 14.2. The van der Waals surface area contributed by atoms with Gasteiger partial charge in [-0.1, -0.05) is 6.92 Å². The molecule has 0 saturated heterocycles. The molecular formula is C16H25N3O2. The van der Waals surface area contributed by atoms with E-state index in [1.54, 1.807) is 25.3 Å². The summed E-state index contributed by atoms with van der Waals surface area (Å²) in [6, 6.07) is 5.99. The van der Waals surface area contributed by atoms with Crippen molar-refractivity contribution in [2.75, 3.05) is 31.2 Å². The Morgan fingerprint density at radius 3 is 2.86 bits per heavy atom. The minimum atomic E-state index is 0.00532. The highest BCUT2D eigenvalue weighted by molar-refractivity contribution is 5.92. The van der Waals surface area contributed by atoms with E-state index in [1.807, 2.05) is 0 Å². The molecule has 1 aliphatic carbocycles. The zero-order valence-corrected chi connectivity index (χ0v) is 12.9. The van der Waals surface area contributed by atoms with Crippen molar-refractivity contribution < 1.29 is 9.53 Å². The fourth-order valence-corrected chi connectivity index (χ4v) is 2.52. The van der Waals surface area contributed by atoms with E-state index in [4.69, 9.17) is 10.5 Å². The Bertz CT molecular complexity index is 486. The Labute approximate surface area is 126 Å². The minimum Gasteiger partial charge on any atom is -0.495 e. The van der Waals surface area contributed by atoms with Crippen molar-refractivity contribution in [3.8, 4) is 5.75 Å². The number of hydrogen-bond donors (Lipinski definition) is 2. The molecule has 1 fully saturated rings. The maximum absolute atomic E-state index is 12.0. The number of nitrogens with two attached hydrogens (primary N) is 1. The van der Waals surface area contributed by atoms with E-state index in [0.29, 0.717) is 23.5 Å². The summed E-state index contributed by atoms with van der Waals surface area (Å²) < 4.78 is 5.22. The molecule has 0 aliphatic heterocycles. The first-order chi connectivity index (χ1) is 10.1. The zero-order chi connectivity index (χ0) is 15.2. The zero-order valence-electron chi connectivity index (χ0n) is 12.9. The van der Waals surface area contributed by atoms with Crippen molar-refractivity contribution in [2.24, 2.45) is 0 Å². The van der Waals surface area contributed by atoms with Gasteiger partial charge >= 0.3 is 0 Å². The molecule has 0 heterocycles. The number of carbonyl (C=O) groups excluding carboxylic acids is 1. The van der Waals surface area contributed by atoms with Gasteiger partial charge in [0.2, 0.25) is 5.91 Å². The number of nitrogens with zero attached hydrogens (tertiary/aromatic N) is 1. The summed E-state index contributed by atoms with van der Waals surface area (Å²) >= 11 is 0. The SMILES string of the molecule is CCN(CCCC(=O)Nc1cc(N)ccc1OC)C1CC1. The Hall–Kier alpha value is -1.75. The van der Waals surface area contributed by atoms with Crippen molar-refractivity contribution in [1.82, 2.24) is 4.90 Å². The van der Waals surface area contributed by atoms with Crippen LogP contribution in [-0.2, 0) is 4.79 Å². The predicted molar refractivity (Wildman–Crippen MR) is 85.5 cm³/mol. The van der Waals surface area contributed by atoms with Crippen LogP contribution in [0.25, 0.3) is 0 Å². The molecule has 1 aromatic rings. The first-order valence-corrected chi connectivity index (χ1v) is 7.61. The lowest BCUT2D eigenvalue weighted by Gasteiger charge is -2.19. The van der Waals surface area contributed by atoms with Gasteiger partial charge in [-0.2, -0.15) is 0 Å². The lowest BCUT2D eigenvalue weighted by molar-refractivity contribution is -0.116. The third-order valence-electron chi connectivity index (χ3n) is 3.82. The first-order valence-electron chi connectivity index (χ1n) is 7.61. The molecule has 1 aromatic carbocycles. The molecule has 1 amide bonds. The number of ether oxygens (including phenoxy) is 1. The molecule has 2 rings (SSSR count). The van der Waals surface area contributed by atoms with E-state index in [9.17, 15) is 4.79 Å². The summed E-state index contributed by atoms with van der Waals surface area (Å²) in [5, 5.41) is 2.88. The highest BCUT2D eigenvalue weighted by Gasteiger charge is 2.27. The van der Waals surface area contributed by atoms with Gasteiger partial charge in [0, 0.05) is 18.2 Å². The summed E-state index contributed by atoms with van der Waals surface area (Å²) in [6.45, 7) is 4.23. The topological polar surface area (TPSA) is 67.6 Å². The highest BCUT2D eigenvalue weighted by atomic mass is 16.5. The summed E-state index contributed by atoms with van der Waals surface area (Å²) in [5.74, 6) is 0.636. The Morgan fingerprint density at radius 1 is 1.48 bits per heavy atom. The molecule has 0 spiro atoms. The van der Waals surface area contributed by atoms with Crippen LogP contribution in [0.15, 0.2) is 18.2 Å². The largest absolute Gasteiger partial charge is 0.495 e. The van der Waals surface area contributed by atoms with E-state index in [2.05, 4.69) is 17.1 Å². The average molecular weight is 291 g/mol. The van der Waals surface area contributed by atoms with E-state index < -0.39 is 0 Å². The Balaban J connectivity index is 1.80. The molecule has 0 aromatic heterocycles. The number of methoxy groups -OCH3 is 1. The number of rotatable bonds is 8. The quantitative estimate of drug-likeness (QED) is 0.722. The van der Waals surface area contributed by atoms with Gasteiger partial charge in [0.25, 0.3) is 0 Å². The molecule has 0 bridgehead atoms. The highest BCUT2D eigenvalue weighted by Crippen LogP contribution is 2.28. The predicted octanol–water partition coefficient (Wildman–Crippen LogP) is 2.48. The molecular weight excluding hydrogens is 266 g/mol. The molecule has 0 atom stereocenters. The molecule has 21 heavy (non-hydrogen) atoms. The van der Waals surface area contributed by atoms with Crippen LogP contribution in [0, 0.1) is 0 Å². The van der Waals surface area contributed by atoms with Crippen molar-refractivity contribution in [3.05, 3.63) is 18.2 Å². The van der Waals surface area contributed by atoms with Crippen LogP contribution in [0.3, 0.4) is 0 Å². The molecule has 0 radical (unpaired) electrons. The number of anilines is 2. The van der Waals surface area contributed by atoms with E-state index in [1.165, 1.54) is 12.8 Å². The second-order valence-electron chi connectivity index (χ2n) is 5.47. The molecule has 5 heteroatoms. The molecule has 5 nitrogen and oxygen atoms in total. The summed E-state index contributed by atoms with van der Waals surface area (Å²) in [6.07, 6.45) is 4.00. The summed E-state index contributed by atoms with van der Waals surface area (Å²) in [4.78, 5) is 14.5. The average Bonchev–Trinajstić information content (AvgIpc) is 3.28. The number of carbonyl (C=O) groups is 1. The third-order valence-corrected chi connectivity index (χ3v) is 3.82.